The minimum atomic E-state index is -0.375. The number of amides is 2. The molecule has 2 amide bonds. The van der Waals surface area contributed by atoms with E-state index in [0.29, 0.717) is 5.82 Å². The summed E-state index contributed by atoms with van der Waals surface area (Å²) in [5.41, 5.74) is 5.29. The van der Waals surface area contributed by atoms with Gasteiger partial charge in [0.25, 0.3) is 0 Å². The number of ether oxygens (including phenoxy) is 1. The zero-order valence-corrected chi connectivity index (χ0v) is 16.3. The van der Waals surface area contributed by atoms with Crippen LogP contribution in [0.3, 0.4) is 0 Å². The van der Waals surface area contributed by atoms with Crippen molar-refractivity contribution < 1.29 is 9.53 Å². The van der Waals surface area contributed by atoms with Gasteiger partial charge in [-0.1, -0.05) is 54.6 Å². The van der Waals surface area contributed by atoms with Crippen molar-refractivity contribution in [2.45, 2.75) is 6.04 Å². The molecule has 1 atom stereocenters. The highest BCUT2D eigenvalue weighted by molar-refractivity contribution is 6.02. The Morgan fingerprint density at radius 1 is 0.900 bits per heavy atom. The molecule has 0 saturated carbocycles. The third-order valence-corrected chi connectivity index (χ3v) is 5.23. The summed E-state index contributed by atoms with van der Waals surface area (Å²) in [5.74, 6) is 1.47. The Balaban J connectivity index is 1.74. The number of hydrogen-bond donors (Lipinski definition) is 3. The molecular weight excluding hydrogens is 376 g/mol. The highest BCUT2D eigenvalue weighted by atomic mass is 16.5. The first kappa shape index (κ1) is 18.0. The molecule has 6 nitrogen and oxygen atoms in total. The number of hydrogen-bond acceptors (Lipinski definition) is 3. The lowest BCUT2D eigenvalue weighted by Crippen LogP contribution is -2.43. The van der Waals surface area contributed by atoms with Crippen molar-refractivity contribution in [1.29, 1.82) is 0 Å². The number of fused-ring (bicyclic) bond motifs is 1. The van der Waals surface area contributed by atoms with Gasteiger partial charge < -0.3 is 20.4 Å². The van der Waals surface area contributed by atoms with Crippen LogP contribution >= 0.6 is 0 Å². The third-order valence-electron chi connectivity index (χ3n) is 5.23. The van der Waals surface area contributed by atoms with Gasteiger partial charge in [0.1, 0.15) is 11.6 Å². The van der Waals surface area contributed by atoms with Crippen molar-refractivity contribution in [3.63, 3.8) is 0 Å². The summed E-state index contributed by atoms with van der Waals surface area (Å²) in [6, 6.07) is 24.8. The molecule has 1 aliphatic heterocycles. The van der Waals surface area contributed by atoms with Crippen molar-refractivity contribution in [3.05, 3.63) is 95.8 Å². The van der Waals surface area contributed by atoms with Gasteiger partial charge in [0.05, 0.1) is 29.9 Å². The first-order chi connectivity index (χ1) is 14.7. The van der Waals surface area contributed by atoms with Crippen molar-refractivity contribution in [2.75, 3.05) is 7.11 Å². The van der Waals surface area contributed by atoms with E-state index in [1.165, 1.54) is 0 Å². The maximum atomic E-state index is 12.6. The fourth-order valence-corrected chi connectivity index (χ4v) is 3.78. The smallest absolute Gasteiger partial charge is 0.320 e. The fraction of sp³-hybridized carbons (Fsp3) is 0.0833. The molecule has 3 N–H and O–H groups in total. The molecule has 3 aromatic carbocycles. The third kappa shape index (κ3) is 3.18. The van der Waals surface area contributed by atoms with Crippen LogP contribution in [0.2, 0.25) is 0 Å². The number of nitrogens with one attached hydrogen (secondary N) is 3. The van der Waals surface area contributed by atoms with Gasteiger partial charge in [0.15, 0.2) is 0 Å². The first-order valence-electron chi connectivity index (χ1n) is 9.69. The second-order valence-corrected chi connectivity index (χ2v) is 7.06. The molecule has 2 heterocycles. The van der Waals surface area contributed by atoms with Gasteiger partial charge in [0, 0.05) is 5.57 Å². The Kier molecular flexibility index (Phi) is 4.44. The topological polar surface area (TPSA) is 79.0 Å². The predicted molar refractivity (Wildman–Crippen MR) is 117 cm³/mol. The number of aromatic nitrogens is 2. The summed E-state index contributed by atoms with van der Waals surface area (Å²) in [5, 5.41) is 6.05. The Morgan fingerprint density at radius 2 is 1.63 bits per heavy atom. The molecule has 6 heteroatoms. The second-order valence-electron chi connectivity index (χ2n) is 7.06. The van der Waals surface area contributed by atoms with Crippen LogP contribution in [0.25, 0.3) is 22.3 Å². The van der Waals surface area contributed by atoms with Crippen LogP contribution in [0.1, 0.15) is 23.0 Å². The average Bonchev–Trinajstić information content (AvgIpc) is 3.23. The quantitative estimate of drug-likeness (QED) is 0.475. The van der Waals surface area contributed by atoms with Crippen molar-refractivity contribution in [2.24, 2.45) is 0 Å². The molecule has 0 bridgehead atoms. The lowest BCUT2D eigenvalue weighted by molar-refractivity contribution is 0.242. The fourth-order valence-electron chi connectivity index (χ4n) is 3.78. The van der Waals surface area contributed by atoms with Gasteiger partial charge in [-0.15, -0.1) is 0 Å². The van der Waals surface area contributed by atoms with Gasteiger partial charge >= 0.3 is 6.03 Å². The van der Waals surface area contributed by atoms with E-state index in [0.717, 1.165) is 39.2 Å². The van der Waals surface area contributed by atoms with E-state index in [-0.39, 0.29) is 12.1 Å². The van der Waals surface area contributed by atoms with Crippen LogP contribution in [0.4, 0.5) is 4.79 Å². The van der Waals surface area contributed by atoms with E-state index in [1.54, 1.807) is 7.11 Å². The maximum absolute atomic E-state index is 12.6. The van der Waals surface area contributed by atoms with Gasteiger partial charge in [-0.2, -0.15) is 0 Å². The normalized spacial score (nSPS) is 16.3. The zero-order chi connectivity index (χ0) is 20.5. The molecule has 1 aromatic heterocycles. The summed E-state index contributed by atoms with van der Waals surface area (Å²) in [6.45, 7) is 0. The second kappa shape index (κ2) is 7.40. The molecule has 0 saturated heterocycles. The molecule has 0 aliphatic carbocycles. The minimum absolute atomic E-state index is 0.255. The number of para-hydroxylation sites is 2. The van der Waals surface area contributed by atoms with E-state index in [9.17, 15) is 4.79 Å². The number of H-pyrrole nitrogens is 1. The standard InChI is InChI=1S/C24H20N4O2/c1-30-17-13-11-16(12-14-17)22-20(23-25-18-9-5-6-10-19(18)26-23)21(27-24(29)28-22)15-7-3-2-4-8-15/h2-14,22H,1H3,(H,25,26)(H2,27,28,29). The Morgan fingerprint density at radius 3 is 2.37 bits per heavy atom. The highest BCUT2D eigenvalue weighted by Crippen LogP contribution is 2.37. The lowest BCUT2D eigenvalue weighted by atomic mass is 9.92. The molecular formula is C24H20N4O2. The monoisotopic (exact) mass is 396 g/mol. The van der Waals surface area contributed by atoms with E-state index in [1.807, 2.05) is 78.9 Å². The van der Waals surface area contributed by atoms with Gasteiger partial charge in [0.2, 0.25) is 0 Å². The van der Waals surface area contributed by atoms with Crippen LogP contribution in [-0.2, 0) is 0 Å². The van der Waals surface area contributed by atoms with Crippen LogP contribution < -0.4 is 15.4 Å². The van der Waals surface area contributed by atoms with Crippen molar-refractivity contribution in [1.82, 2.24) is 20.6 Å². The number of imidazole rings is 1. The number of nitrogens with zero attached hydrogens (tertiary/aromatic N) is 1. The molecule has 0 fully saturated rings. The summed E-state index contributed by atoms with van der Waals surface area (Å²) < 4.78 is 5.29. The van der Waals surface area contributed by atoms with Crippen LogP contribution in [0.5, 0.6) is 5.75 Å². The van der Waals surface area contributed by atoms with Crippen molar-refractivity contribution >= 4 is 28.3 Å². The number of carbonyl (C=O) groups is 1. The molecule has 5 rings (SSSR count). The van der Waals surface area contributed by atoms with Crippen molar-refractivity contribution in [3.8, 4) is 5.75 Å². The summed E-state index contributed by atoms with van der Waals surface area (Å²) in [6.07, 6.45) is 0. The Hall–Kier alpha value is -4.06. The molecule has 148 valence electrons. The number of methoxy groups -OCH3 is 1. The first-order valence-corrected chi connectivity index (χ1v) is 9.69. The van der Waals surface area contributed by atoms with Crippen LogP contribution in [0, 0.1) is 0 Å². The summed E-state index contributed by atoms with van der Waals surface area (Å²) in [7, 11) is 1.63. The number of benzene rings is 3. The largest absolute Gasteiger partial charge is 0.497 e. The Bertz CT molecular complexity index is 1210. The van der Waals surface area contributed by atoms with Gasteiger partial charge in [-0.3, -0.25) is 0 Å². The number of rotatable bonds is 4. The average molecular weight is 396 g/mol. The maximum Gasteiger partial charge on any atom is 0.320 e. The van der Waals surface area contributed by atoms with Crippen LogP contribution in [0.15, 0.2) is 78.9 Å². The van der Waals surface area contributed by atoms with E-state index in [2.05, 4.69) is 15.6 Å². The molecule has 4 aromatic rings. The van der Waals surface area contributed by atoms with E-state index in [4.69, 9.17) is 9.72 Å². The predicted octanol–water partition coefficient (Wildman–Crippen LogP) is 4.49. The molecule has 0 spiro atoms. The Labute approximate surface area is 173 Å². The number of carbonyl (C=O) groups excluding carboxylic acids is 1. The molecule has 1 unspecified atom stereocenters. The SMILES string of the molecule is COc1ccc(C2NC(=O)NC(c3ccccc3)=C2c2nc3ccccc3[nH]2)cc1. The lowest BCUT2D eigenvalue weighted by Gasteiger charge is -2.30. The summed E-state index contributed by atoms with van der Waals surface area (Å²) >= 11 is 0. The summed E-state index contributed by atoms with van der Waals surface area (Å²) in [4.78, 5) is 20.8. The van der Waals surface area contributed by atoms with Gasteiger partial charge in [-0.25, -0.2) is 9.78 Å². The number of urea groups is 1. The van der Waals surface area contributed by atoms with E-state index < -0.39 is 0 Å². The highest BCUT2D eigenvalue weighted by Gasteiger charge is 2.31. The zero-order valence-electron chi connectivity index (χ0n) is 16.3. The molecule has 30 heavy (non-hydrogen) atoms. The molecule has 0 radical (unpaired) electrons. The van der Waals surface area contributed by atoms with Gasteiger partial charge in [-0.05, 0) is 35.4 Å². The number of aromatic amines is 1. The molecule has 1 aliphatic rings. The van der Waals surface area contributed by atoms with E-state index >= 15 is 0 Å². The van der Waals surface area contributed by atoms with Crippen LogP contribution in [-0.4, -0.2) is 23.1 Å². The minimum Gasteiger partial charge on any atom is -0.497 e.